The molecule has 0 fully saturated rings. The fraction of sp³-hybridized carbons (Fsp3) is 0. The van der Waals surface area contributed by atoms with Gasteiger partial charge in [-0.2, -0.15) is 0 Å². The van der Waals surface area contributed by atoms with Gasteiger partial charge in [-0.3, -0.25) is 4.57 Å². The summed E-state index contributed by atoms with van der Waals surface area (Å²) in [6.07, 6.45) is 3.44. The summed E-state index contributed by atoms with van der Waals surface area (Å²) in [6, 6.07) is 7.44. The number of aromatic nitrogens is 2. The lowest BCUT2D eigenvalue weighted by Crippen LogP contribution is -1.99. The van der Waals surface area contributed by atoms with E-state index in [-0.39, 0.29) is 0 Å². The number of benzene rings is 1. The lowest BCUT2D eigenvalue weighted by Gasteiger charge is -2.03. The molecule has 2 N–H and O–H groups in total. The molecule has 0 amide bonds. The van der Waals surface area contributed by atoms with E-state index < -0.39 is 0 Å². The number of hydrogen-bond acceptors (Lipinski definition) is 2. The number of hydrogen-bond donors (Lipinski definition) is 1. The average molecular weight is 194 g/mol. The smallest absolute Gasteiger partial charge is 0.204 e. The summed E-state index contributed by atoms with van der Waals surface area (Å²) in [5.74, 6) is 0.460. The first-order valence-electron chi connectivity index (χ1n) is 3.82. The zero-order chi connectivity index (χ0) is 9.26. The zero-order valence-corrected chi connectivity index (χ0v) is 7.57. The van der Waals surface area contributed by atoms with Crippen LogP contribution in [0.5, 0.6) is 0 Å². The van der Waals surface area contributed by atoms with Gasteiger partial charge in [0.05, 0.1) is 0 Å². The van der Waals surface area contributed by atoms with Crippen molar-refractivity contribution in [1.82, 2.24) is 9.55 Å². The first-order chi connectivity index (χ1) is 6.27. The molecular formula is C9H8ClN3. The molecule has 0 radical (unpaired) electrons. The Morgan fingerprint density at radius 1 is 1.38 bits per heavy atom. The molecule has 0 unspecified atom stereocenters. The van der Waals surface area contributed by atoms with Crippen molar-refractivity contribution >= 4 is 17.5 Å². The van der Waals surface area contributed by atoms with E-state index in [2.05, 4.69) is 4.98 Å². The molecule has 1 aromatic heterocycles. The minimum atomic E-state index is 0.460. The van der Waals surface area contributed by atoms with Crippen LogP contribution in [0.4, 0.5) is 5.95 Å². The lowest BCUT2D eigenvalue weighted by molar-refractivity contribution is 1.07. The topological polar surface area (TPSA) is 43.8 Å². The van der Waals surface area contributed by atoms with Gasteiger partial charge >= 0.3 is 0 Å². The van der Waals surface area contributed by atoms with Gasteiger partial charge in [-0.1, -0.05) is 17.7 Å². The first kappa shape index (κ1) is 8.13. The number of halogens is 1. The van der Waals surface area contributed by atoms with Crippen molar-refractivity contribution in [3.05, 3.63) is 41.7 Å². The van der Waals surface area contributed by atoms with E-state index in [1.54, 1.807) is 17.0 Å². The van der Waals surface area contributed by atoms with Gasteiger partial charge in [0.25, 0.3) is 0 Å². The van der Waals surface area contributed by atoms with Crippen molar-refractivity contribution in [2.75, 3.05) is 5.73 Å². The predicted octanol–water partition coefficient (Wildman–Crippen LogP) is 2.11. The van der Waals surface area contributed by atoms with Crippen LogP contribution in [0.3, 0.4) is 0 Å². The lowest BCUT2D eigenvalue weighted by atomic mass is 10.3. The maximum Gasteiger partial charge on any atom is 0.204 e. The van der Waals surface area contributed by atoms with Gasteiger partial charge in [0.1, 0.15) is 0 Å². The standard InChI is InChI=1S/C9H8ClN3/c10-7-2-1-3-8(6-7)13-5-4-12-9(13)11/h1-6H,(H2,11,12). The molecule has 0 atom stereocenters. The zero-order valence-electron chi connectivity index (χ0n) is 6.81. The number of nitrogen functional groups attached to an aromatic ring is 1. The Morgan fingerprint density at radius 2 is 2.23 bits per heavy atom. The second-order valence-electron chi connectivity index (χ2n) is 2.64. The number of rotatable bonds is 1. The Hall–Kier alpha value is -1.48. The highest BCUT2D eigenvalue weighted by Gasteiger charge is 2.00. The third-order valence-corrected chi connectivity index (χ3v) is 1.99. The van der Waals surface area contributed by atoms with Crippen LogP contribution in [-0.4, -0.2) is 9.55 Å². The van der Waals surface area contributed by atoms with Crippen LogP contribution < -0.4 is 5.73 Å². The minimum absolute atomic E-state index is 0.460. The maximum atomic E-state index is 5.84. The quantitative estimate of drug-likeness (QED) is 0.754. The molecule has 1 heterocycles. The van der Waals surface area contributed by atoms with Crippen LogP contribution in [0.15, 0.2) is 36.7 Å². The van der Waals surface area contributed by atoms with Crippen molar-refractivity contribution < 1.29 is 0 Å². The van der Waals surface area contributed by atoms with Crippen molar-refractivity contribution in [3.63, 3.8) is 0 Å². The molecule has 2 aromatic rings. The fourth-order valence-corrected chi connectivity index (χ4v) is 1.34. The Bertz CT molecular complexity index is 422. The van der Waals surface area contributed by atoms with Gasteiger partial charge in [-0.25, -0.2) is 4.98 Å². The van der Waals surface area contributed by atoms with Gasteiger partial charge in [0.2, 0.25) is 5.95 Å². The highest BCUT2D eigenvalue weighted by atomic mass is 35.5. The van der Waals surface area contributed by atoms with Gasteiger partial charge < -0.3 is 5.73 Å². The number of imidazole rings is 1. The largest absolute Gasteiger partial charge is 0.369 e. The van der Waals surface area contributed by atoms with E-state index in [4.69, 9.17) is 17.3 Å². The summed E-state index contributed by atoms with van der Waals surface area (Å²) < 4.78 is 1.77. The van der Waals surface area contributed by atoms with Gasteiger partial charge in [0.15, 0.2) is 0 Å². The Kier molecular flexibility index (Phi) is 1.94. The molecule has 0 saturated heterocycles. The molecule has 0 aliphatic carbocycles. The Balaban J connectivity index is 2.53. The van der Waals surface area contributed by atoms with E-state index in [1.165, 1.54) is 0 Å². The molecule has 2 rings (SSSR count). The molecule has 0 aliphatic heterocycles. The van der Waals surface area contributed by atoms with Crippen LogP contribution in [-0.2, 0) is 0 Å². The van der Waals surface area contributed by atoms with Crippen LogP contribution in [0, 0.1) is 0 Å². The second-order valence-corrected chi connectivity index (χ2v) is 3.07. The third kappa shape index (κ3) is 1.51. The monoisotopic (exact) mass is 193 g/mol. The van der Waals surface area contributed by atoms with Gasteiger partial charge in [-0.15, -0.1) is 0 Å². The maximum absolute atomic E-state index is 5.84. The van der Waals surface area contributed by atoms with E-state index in [0.717, 1.165) is 5.69 Å². The normalized spacial score (nSPS) is 10.2. The number of anilines is 1. The van der Waals surface area contributed by atoms with Crippen molar-refractivity contribution in [3.8, 4) is 5.69 Å². The Labute approximate surface area is 80.8 Å². The van der Waals surface area contributed by atoms with Crippen LogP contribution >= 0.6 is 11.6 Å². The SMILES string of the molecule is Nc1nccn1-c1cccc(Cl)c1. The molecular weight excluding hydrogens is 186 g/mol. The number of nitrogens with two attached hydrogens (primary N) is 1. The number of nitrogens with zero attached hydrogens (tertiary/aromatic N) is 2. The van der Waals surface area contributed by atoms with Crippen molar-refractivity contribution in [2.45, 2.75) is 0 Å². The molecule has 0 bridgehead atoms. The molecule has 0 spiro atoms. The first-order valence-corrected chi connectivity index (χ1v) is 4.20. The fourth-order valence-electron chi connectivity index (χ4n) is 1.16. The summed E-state index contributed by atoms with van der Waals surface area (Å²) in [7, 11) is 0. The highest BCUT2D eigenvalue weighted by Crippen LogP contribution is 2.16. The summed E-state index contributed by atoms with van der Waals surface area (Å²) >= 11 is 5.84. The van der Waals surface area contributed by atoms with Gasteiger partial charge in [0, 0.05) is 23.1 Å². The molecule has 3 nitrogen and oxygen atoms in total. The molecule has 1 aromatic carbocycles. The summed E-state index contributed by atoms with van der Waals surface area (Å²) in [5, 5.41) is 0.686. The molecule has 0 saturated carbocycles. The summed E-state index contributed by atoms with van der Waals surface area (Å²) in [6.45, 7) is 0. The van der Waals surface area contributed by atoms with E-state index in [9.17, 15) is 0 Å². The van der Waals surface area contributed by atoms with E-state index >= 15 is 0 Å². The van der Waals surface area contributed by atoms with E-state index in [0.29, 0.717) is 11.0 Å². The third-order valence-electron chi connectivity index (χ3n) is 1.76. The molecule has 4 heteroatoms. The van der Waals surface area contributed by atoms with Crippen molar-refractivity contribution in [1.29, 1.82) is 0 Å². The van der Waals surface area contributed by atoms with Crippen LogP contribution in [0.1, 0.15) is 0 Å². The second kappa shape index (κ2) is 3.11. The predicted molar refractivity (Wildman–Crippen MR) is 53.0 cm³/mol. The van der Waals surface area contributed by atoms with Crippen molar-refractivity contribution in [2.24, 2.45) is 0 Å². The van der Waals surface area contributed by atoms with Crippen LogP contribution in [0.2, 0.25) is 5.02 Å². The summed E-state index contributed by atoms with van der Waals surface area (Å²) in [4.78, 5) is 3.92. The van der Waals surface area contributed by atoms with Crippen LogP contribution in [0.25, 0.3) is 5.69 Å². The average Bonchev–Trinajstić information content (AvgIpc) is 2.51. The molecule has 66 valence electrons. The summed E-state index contributed by atoms with van der Waals surface area (Å²) in [5.41, 5.74) is 6.55. The Morgan fingerprint density at radius 3 is 2.85 bits per heavy atom. The van der Waals surface area contributed by atoms with E-state index in [1.807, 2.05) is 24.3 Å². The molecule has 0 aliphatic rings. The van der Waals surface area contributed by atoms with Gasteiger partial charge in [-0.05, 0) is 18.2 Å². The highest BCUT2D eigenvalue weighted by molar-refractivity contribution is 6.30. The minimum Gasteiger partial charge on any atom is -0.369 e. The molecule has 13 heavy (non-hydrogen) atoms.